The van der Waals surface area contributed by atoms with Gasteiger partial charge in [0, 0.05) is 5.69 Å². The highest BCUT2D eigenvalue weighted by molar-refractivity contribution is 7.92. The van der Waals surface area contributed by atoms with E-state index in [2.05, 4.69) is 10.0 Å². The standard InChI is InChI=1S/C19H18N2O4S/c1-13-8-10-15(20-19(22)18-11-9-14(2)25-18)12-17(13)21-26(23,24)16-6-4-3-5-7-16/h3-12,21H,1-2H3,(H,20,22). The van der Waals surface area contributed by atoms with Crippen LogP contribution >= 0.6 is 0 Å². The number of amides is 1. The largest absolute Gasteiger partial charge is 0.456 e. The molecule has 134 valence electrons. The molecule has 7 heteroatoms. The minimum absolute atomic E-state index is 0.167. The van der Waals surface area contributed by atoms with Gasteiger partial charge in [-0.15, -0.1) is 0 Å². The average Bonchev–Trinajstić information content (AvgIpc) is 3.05. The quantitative estimate of drug-likeness (QED) is 0.712. The number of nitrogens with one attached hydrogen (secondary N) is 2. The first-order valence-electron chi connectivity index (χ1n) is 7.91. The molecule has 0 aliphatic rings. The van der Waals surface area contributed by atoms with Crippen LogP contribution in [0.1, 0.15) is 21.9 Å². The molecule has 0 radical (unpaired) electrons. The van der Waals surface area contributed by atoms with Gasteiger partial charge in [-0.2, -0.15) is 0 Å². The maximum absolute atomic E-state index is 12.5. The molecule has 0 spiro atoms. The van der Waals surface area contributed by atoms with Gasteiger partial charge in [-0.05, 0) is 55.8 Å². The van der Waals surface area contributed by atoms with Crippen LogP contribution in [0.3, 0.4) is 0 Å². The van der Waals surface area contributed by atoms with E-state index in [4.69, 9.17) is 4.42 Å². The first kappa shape index (κ1) is 17.8. The second kappa shape index (κ2) is 7.05. The molecular weight excluding hydrogens is 352 g/mol. The summed E-state index contributed by atoms with van der Waals surface area (Å²) in [4.78, 5) is 12.4. The van der Waals surface area contributed by atoms with Crippen molar-refractivity contribution in [1.82, 2.24) is 0 Å². The minimum atomic E-state index is -3.71. The number of carbonyl (C=O) groups excluding carboxylic acids is 1. The molecular formula is C19H18N2O4S. The molecule has 0 atom stereocenters. The van der Waals surface area contributed by atoms with Crippen molar-refractivity contribution in [2.24, 2.45) is 0 Å². The second-order valence-corrected chi connectivity index (χ2v) is 7.50. The lowest BCUT2D eigenvalue weighted by Crippen LogP contribution is -2.15. The molecule has 2 aromatic carbocycles. The van der Waals surface area contributed by atoms with Crippen LogP contribution in [0.15, 0.2) is 70.0 Å². The molecule has 3 rings (SSSR count). The molecule has 0 saturated carbocycles. The van der Waals surface area contributed by atoms with Crippen molar-refractivity contribution in [2.75, 3.05) is 10.0 Å². The maximum Gasteiger partial charge on any atom is 0.291 e. The van der Waals surface area contributed by atoms with Crippen LogP contribution in [0.4, 0.5) is 11.4 Å². The molecule has 26 heavy (non-hydrogen) atoms. The number of sulfonamides is 1. The molecule has 0 saturated heterocycles. The number of rotatable bonds is 5. The summed E-state index contributed by atoms with van der Waals surface area (Å²) in [6.45, 7) is 3.53. The van der Waals surface area contributed by atoms with E-state index in [1.165, 1.54) is 12.1 Å². The Hall–Kier alpha value is -3.06. The fraction of sp³-hybridized carbons (Fsp3) is 0.105. The molecule has 0 unspecified atom stereocenters. The summed E-state index contributed by atoms with van der Waals surface area (Å²) in [5.74, 6) is 0.420. The van der Waals surface area contributed by atoms with Gasteiger partial charge >= 0.3 is 0 Å². The third-order valence-electron chi connectivity index (χ3n) is 3.76. The van der Waals surface area contributed by atoms with Gasteiger partial charge in [-0.1, -0.05) is 24.3 Å². The number of furan rings is 1. The predicted molar refractivity (Wildman–Crippen MR) is 99.8 cm³/mol. The predicted octanol–water partition coefficient (Wildman–Crippen LogP) is 3.95. The van der Waals surface area contributed by atoms with Crippen LogP contribution in [0.5, 0.6) is 0 Å². The lowest BCUT2D eigenvalue weighted by molar-refractivity contribution is 0.0995. The van der Waals surface area contributed by atoms with Gasteiger partial charge in [0.15, 0.2) is 5.76 Å². The van der Waals surface area contributed by atoms with Crippen molar-refractivity contribution >= 4 is 27.3 Å². The van der Waals surface area contributed by atoms with Gasteiger partial charge < -0.3 is 9.73 Å². The van der Waals surface area contributed by atoms with E-state index in [0.29, 0.717) is 17.1 Å². The first-order valence-corrected chi connectivity index (χ1v) is 9.40. The Bertz CT molecular complexity index is 1040. The molecule has 0 fully saturated rings. The zero-order valence-corrected chi connectivity index (χ0v) is 15.1. The van der Waals surface area contributed by atoms with Crippen LogP contribution in [0.25, 0.3) is 0 Å². The van der Waals surface area contributed by atoms with Crippen molar-refractivity contribution < 1.29 is 17.6 Å². The van der Waals surface area contributed by atoms with Gasteiger partial charge in [0.25, 0.3) is 15.9 Å². The highest BCUT2D eigenvalue weighted by Crippen LogP contribution is 2.24. The number of aryl methyl sites for hydroxylation is 2. The molecule has 6 nitrogen and oxygen atoms in total. The van der Waals surface area contributed by atoms with Crippen molar-refractivity contribution in [3.8, 4) is 0 Å². The highest BCUT2D eigenvalue weighted by atomic mass is 32.2. The summed E-state index contributed by atoms with van der Waals surface area (Å²) in [7, 11) is -3.71. The molecule has 1 aromatic heterocycles. The van der Waals surface area contributed by atoms with Crippen molar-refractivity contribution in [2.45, 2.75) is 18.7 Å². The number of anilines is 2. The minimum Gasteiger partial charge on any atom is -0.456 e. The number of hydrogen-bond acceptors (Lipinski definition) is 4. The third-order valence-corrected chi connectivity index (χ3v) is 5.14. The summed E-state index contributed by atoms with van der Waals surface area (Å²) < 4.78 is 32.8. The molecule has 1 heterocycles. The monoisotopic (exact) mass is 370 g/mol. The number of hydrogen-bond donors (Lipinski definition) is 2. The zero-order valence-electron chi connectivity index (χ0n) is 14.3. The van der Waals surface area contributed by atoms with E-state index in [-0.39, 0.29) is 10.7 Å². The Morgan fingerprint density at radius 1 is 0.962 bits per heavy atom. The Kier molecular flexibility index (Phi) is 4.81. The van der Waals surface area contributed by atoms with Gasteiger partial charge in [-0.25, -0.2) is 8.42 Å². The van der Waals surface area contributed by atoms with Gasteiger partial charge in [0.05, 0.1) is 10.6 Å². The number of carbonyl (C=O) groups is 1. The topological polar surface area (TPSA) is 88.4 Å². The second-order valence-electron chi connectivity index (χ2n) is 5.81. The van der Waals surface area contributed by atoms with E-state index in [1.54, 1.807) is 62.4 Å². The average molecular weight is 370 g/mol. The van der Waals surface area contributed by atoms with Crippen LogP contribution in [0, 0.1) is 13.8 Å². The summed E-state index contributed by atoms with van der Waals surface area (Å²) in [6.07, 6.45) is 0. The molecule has 1 amide bonds. The Morgan fingerprint density at radius 3 is 2.35 bits per heavy atom. The van der Waals surface area contributed by atoms with Gasteiger partial charge in [0.2, 0.25) is 0 Å². The summed E-state index contributed by atoms with van der Waals surface area (Å²) in [5.41, 5.74) is 1.58. The van der Waals surface area contributed by atoms with Crippen LogP contribution in [-0.2, 0) is 10.0 Å². The van der Waals surface area contributed by atoms with E-state index < -0.39 is 15.9 Å². The van der Waals surface area contributed by atoms with Gasteiger partial charge in [-0.3, -0.25) is 9.52 Å². The smallest absolute Gasteiger partial charge is 0.291 e. The van der Waals surface area contributed by atoms with Gasteiger partial charge in [0.1, 0.15) is 5.76 Å². The van der Waals surface area contributed by atoms with E-state index in [1.807, 2.05) is 0 Å². The lowest BCUT2D eigenvalue weighted by atomic mass is 10.2. The molecule has 2 N–H and O–H groups in total. The zero-order chi connectivity index (χ0) is 18.7. The molecule has 0 aliphatic carbocycles. The molecule has 3 aromatic rings. The Labute approximate surface area is 151 Å². The SMILES string of the molecule is Cc1ccc(C(=O)Nc2ccc(C)c(NS(=O)(=O)c3ccccc3)c2)o1. The normalized spacial score (nSPS) is 11.2. The number of benzene rings is 2. The third kappa shape index (κ3) is 3.94. The maximum atomic E-state index is 12.5. The summed E-state index contributed by atoms with van der Waals surface area (Å²) in [5, 5.41) is 2.70. The van der Waals surface area contributed by atoms with Crippen molar-refractivity contribution in [1.29, 1.82) is 0 Å². The van der Waals surface area contributed by atoms with E-state index >= 15 is 0 Å². The highest BCUT2D eigenvalue weighted by Gasteiger charge is 2.16. The summed E-state index contributed by atoms with van der Waals surface area (Å²) >= 11 is 0. The van der Waals surface area contributed by atoms with Crippen LogP contribution in [-0.4, -0.2) is 14.3 Å². The van der Waals surface area contributed by atoms with E-state index in [0.717, 1.165) is 5.56 Å². The van der Waals surface area contributed by atoms with E-state index in [9.17, 15) is 13.2 Å². The first-order chi connectivity index (χ1) is 12.3. The Morgan fingerprint density at radius 2 is 1.69 bits per heavy atom. The lowest BCUT2D eigenvalue weighted by Gasteiger charge is -2.12. The summed E-state index contributed by atoms with van der Waals surface area (Å²) in [6, 6.07) is 16.4. The molecule has 0 bridgehead atoms. The van der Waals surface area contributed by atoms with Crippen LogP contribution in [0.2, 0.25) is 0 Å². The van der Waals surface area contributed by atoms with Crippen molar-refractivity contribution in [3.05, 3.63) is 77.7 Å². The fourth-order valence-corrected chi connectivity index (χ4v) is 3.51. The molecule has 0 aliphatic heterocycles. The Balaban J connectivity index is 1.83. The fourth-order valence-electron chi connectivity index (χ4n) is 2.36. The van der Waals surface area contributed by atoms with Crippen LogP contribution < -0.4 is 10.0 Å². The van der Waals surface area contributed by atoms with Crippen molar-refractivity contribution in [3.63, 3.8) is 0 Å².